The molecule has 0 radical (unpaired) electrons. The molecule has 1 unspecified atom stereocenters. The van der Waals surface area contributed by atoms with Crippen LogP contribution in [0.5, 0.6) is 0 Å². The SMILES string of the molecule is CCC(=O)c1ccccc1C(C)n1c(=O)[nH]c2cnc(-n3cnc4ccccc43)nc21. The Morgan fingerprint density at radius 1 is 1.10 bits per heavy atom. The maximum atomic E-state index is 12.8. The fraction of sp³-hybridized carbons (Fsp3) is 0.174. The normalized spacial score (nSPS) is 12.5. The summed E-state index contributed by atoms with van der Waals surface area (Å²) in [5.41, 5.74) is 3.81. The fourth-order valence-electron chi connectivity index (χ4n) is 3.95. The van der Waals surface area contributed by atoms with Crippen molar-refractivity contribution in [1.82, 2.24) is 29.1 Å². The summed E-state index contributed by atoms with van der Waals surface area (Å²) in [6, 6.07) is 14.7. The van der Waals surface area contributed by atoms with Crippen molar-refractivity contribution in [3.8, 4) is 5.95 Å². The van der Waals surface area contributed by atoms with E-state index in [0.29, 0.717) is 29.1 Å². The molecule has 0 amide bonds. The smallest absolute Gasteiger partial charge is 0.303 e. The van der Waals surface area contributed by atoms with Gasteiger partial charge in [-0.2, -0.15) is 4.98 Å². The molecule has 8 heteroatoms. The van der Waals surface area contributed by atoms with E-state index in [4.69, 9.17) is 0 Å². The van der Waals surface area contributed by atoms with E-state index >= 15 is 0 Å². The molecule has 0 saturated heterocycles. The molecule has 0 fully saturated rings. The Bertz CT molecular complexity index is 1490. The third-order valence-electron chi connectivity index (χ3n) is 5.53. The minimum Gasteiger partial charge on any atom is -0.303 e. The molecular formula is C23H20N6O2. The van der Waals surface area contributed by atoms with E-state index in [9.17, 15) is 9.59 Å². The maximum Gasteiger partial charge on any atom is 0.328 e. The highest BCUT2D eigenvalue weighted by Crippen LogP contribution is 2.25. The molecule has 2 aromatic carbocycles. The van der Waals surface area contributed by atoms with E-state index < -0.39 is 6.04 Å². The van der Waals surface area contributed by atoms with Gasteiger partial charge in [0.1, 0.15) is 11.8 Å². The molecule has 5 rings (SSSR count). The van der Waals surface area contributed by atoms with Gasteiger partial charge >= 0.3 is 5.69 Å². The van der Waals surface area contributed by atoms with Gasteiger partial charge in [-0.3, -0.25) is 13.9 Å². The molecule has 0 bridgehead atoms. The van der Waals surface area contributed by atoms with Gasteiger partial charge in [0, 0.05) is 12.0 Å². The first-order valence-electron chi connectivity index (χ1n) is 10.1. The molecule has 31 heavy (non-hydrogen) atoms. The van der Waals surface area contributed by atoms with Crippen LogP contribution in [0, 0.1) is 0 Å². The van der Waals surface area contributed by atoms with E-state index in [1.165, 1.54) is 0 Å². The summed E-state index contributed by atoms with van der Waals surface area (Å²) in [6.45, 7) is 3.72. The zero-order valence-electron chi connectivity index (χ0n) is 17.1. The Morgan fingerprint density at radius 3 is 2.71 bits per heavy atom. The Hall–Kier alpha value is -4.07. The monoisotopic (exact) mass is 412 g/mol. The molecule has 0 aliphatic heterocycles. The van der Waals surface area contributed by atoms with Crippen molar-refractivity contribution in [2.24, 2.45) is 0 Å². The van der Waals surface area contributed by atoms with Crippen molar-refractivity contribution < 1.29 is 4.79 Å². The lowest BCUT2D eigenvalue weighted by molar-refractivity contribution is 0.0986. The Labute approximate surface area is 177 Å². The number of imidazole rings is 2. The van der Waals surface area contributed by atoms with Crippen molar-refractivity contribution in [3.63, 3.8) is 0 Å². The predicted octanol–water partition coefficient (Wildman–Crippen LogP) is 3.66. The van der Waals surface area contributed by atoms with E-state index in [0.717, 1.165) is 16.6 Å². The summed E-state index contributed by atoms with van der Waals surface area (Å²) < 4.78 is 3.36. The van der Waals surface area contributed by atoms with Gasteiger partial charge in [-0.25, -0.2) is 14.8 Å². The molecule has 154 valence electrons. The van der Waals surface area contributed by atoms with Crippen LogP contribution in [0.1, 0.15) is 42.2 Å². The summed E-state index contributed by atoms with van der Waals surface area (Å²) in [4.78, 5) is 41.6. The highest BCUT2D eigenvalue weighted by Gasteiger charge is 2.21. The maximum absolute atomic E-state index is 12.8. The van der Waals surface area contributed by atoms with Crippen LogP contribution >= 0.6 is 0 Å². The number of fused-ring (bicyclic) bond motifs is 2. The molecule has 0 aliphatic rings. The Kier molecular flexibility index (Phi) is 4.47. The van der Waals surface area contributed by atoms with Gasteiger partial charge in [0.25, 0.3) is 0 Å². The van der Waals surface area contributed by atoms with Crippen molar-refractivity contribution in [2.75, 3.05) is 0 Å². The number of nitrogens with zero attached hydrogens (tertiary/aromatic N) is 5. The number of carbonyl (C=O) groups is 1. The zero-order valence-corrected chi connectivity index (χ0v) is 17.1. The van der Waals surface area contributed by atoms with Crippen molar-refractivity contribution in [3.05, 3.63) is 82.7 Å². The van der Waals surface area contributed by atoms with E-state index in [2.05, 4.69) is 19.9 Å². The second-order valence-electron chi connectivity index (χ2n) is 7.35. The third kappa shape index (κ3) is 3.04. The minimum absolute atomic E-state index is 0.0375. The van der Waals surface area contributed by atoms with Gasteiger partial charge in [0.05, 0.1) is 23.3 Å². The van der Waals surface area contributed by atoms with Crippen LogP contribution < -0.4 is 5.69 Å². The molecule has 1 N–H and O–H groups in total. The average Bonchev–Trinajstić information content (AvgIpc) is 3.38. The number of hydrogen-bond donors (Lipinski definition) is 1. The van der Waals surface area contributed by atoms with Crippen molar-refractivity contribution >= 4 is 28.0 Å². The summed E-state index contributed by atoms with van der Waals surface area (Å²) in [6.07, 6.45) is 3.66. The number of H-pyrrole nitrogens is 1. The molecule has 1 atom stereocenters. The van der Waals surface area contributed by atoms with E-state index in [1.807, 2.05) is 56.3 Å². The first-order valence-corrected chi connectivity index (χ1v) is 10.1. The molecule has 3 heterocycles. The highest BCUT2D eigenvalue weighted by molar-refractivity contribution is 5.97. The first kappa shape index (κ1) is 18.9. The molecule has 0 aliphatic carbocycles. The average molecular weight is 412 g/mol. The van der Waals surface area contributed by atoms with Crippen LogP contribution in [0.3, 0.4) is 0 Å². The molecule has 3 aromatic heterocycles. The number of benzene rings is 2. The van der Waals surface area contributed by atoms with Gasteiger partial charge in [-0.15, -0.1) is 0 Å². The number of rotatable bonds is 5. The zero-order chi connectivity index (χ0) is 21.5. The van der Waals surface area contributed by atoms with Gasteiger partial charge in [0.15, 0.2) is 11.4 Å². The number of ketones is 1. The van der Waals surface area contributed by atoms with Crippen LogP contribution in [-0.4, -0.2) is 34.9 Å². The third-order valence-corrected chi connectivity index (χ3v) is 5.53. The Morgan fingerprint density at radius 2 is 1.87 bits per heavy atom. The summed E-state index contributed by atoms with van der Waals surface area (Å²) in [7, 11) is 0. The lowest BCUT2D eigenvalue weighted by atomic mass is 9.97. The summed E-state index contributed by atoms with van der Waals surface area (Å²) in [5, 5.41) is 0. The van der Waals surface area contributed by atoms with E-state index in [1.54, 1.807) is 27.7 Å². The second kappa shape index (κ2) is 7.32. The van der Waals surface area contributed by atoms with Crippen LogP contribution in [0.2, 0.25) is 0 Å². The largest absolute Gasteiger partial charge is 0.328 e. The number of aromatic amines is 1. The number of carbonyl (C=O) groups excluding carboxylic acids is 1. The van der Waals surface area contributed by atoms with Gasteiger partial charge in [0.2, 0.25) is 5.95 Å². The van der Waals surface area contributed by atoms with Crippen molar-refractivity contribution in [1.29, 1.82) is 0 Å². The molecule has 5 aromatic rings. The van der Waals surface area contributed by atoms with Gasteiger partial charge in [-0.05, 0) is 24.6 Å². The molecule has 8 nitrogen and oxygen atoms in total. The van der Waals surface area contributed by atoms with E-state index in [-0.39, 0.29) is 11.5 Å². The number of hydrogen-bond acceptors (Lipinski definition) is 5. The number of aromatic nitrogens is 6. The quantitative estimate of drug-likeness (QED) is 0.444. The predicted molar refractivity (Wildman–Crippen MR) is 118 cm³/mol. The molecule has 0 spiro atoms. The van der Waals surface area contributed by atoms with Crippen LogP contribution in [-0.2, 0) is 0 Å². The summed E-state index contributed by atoms with van der Waals surface area (Å²) in [5.74, 6) is 0.453. The second-order valence-corrected chi connectivity index (χ2v) is 7.35. The Balaban J connectivity index is 1.68. The standard InChI is InChI=1S/C23H20N6O2/c1-3-20(30)16-9-5-4-8-15(16)14(2)29-21-18(26-23(29)31)12-24-22(27-21)28-13-25-17-10-6-7-11-19(17)28/h4-14H,3H2,1-2H3,(H,26,31). The van der Waals surface area contributed by atoms with Crippen molar-refractivity contribution in [2.45, 2.75) is 26.3 Å². The fourth-order valence-corrected chi connectivity index (χ4v) is 3.95. The van der Waals surface area contributed by atoms with Crippen LogP contribution in [0.4, 0.5) is 0 Å². The lowest BCUT2D eigenvalue weighted by Gasteiger charge is -2.17. The molecule has 0 saturated carbocycles. The van der Waals surface area contributed by atoms with Crippen LogP contribution in [0.25, 0.3) is 28.1 Å². The van der Waals surface area contributed by atoms with Gasteiger partial charge < -0.3 is 4.98 Å². The van der Waals surface area contributed by atoms with Crippen LogP contribution in [0.15, 0.2) is 65.8 Å². The molecular weight excluding hydrogens is 392 g/mol. The first-order chi connectivity index (χ1) is 15.1. The number of Topliss-reactive ketones (excluding diaryl/α,β-unsaturated/α-hetero) is 1. The summed E-state index contributed by atoms with van der Waals surface area (Å²) >= 11 is 0. The number of para-hydroxylation sites is 2. The topological polar surface area (TPSA) is 98.5 Å². The number of nitrogens with one attached hydrogen (secondary N) is 1. The highest BCUT2D eigenvalue weighted by atomic mass is 16.1. The minimum atomic E-state index is -0.393. The van der Waals surface area contributed by atoms with Gasteiger partial charge in [-0.1, -0.05) is 43.3 Å². The lowest BCUT2D eigenvalue weighted by Crippen LogP contribution is -2.23.